The standard InChI is InChI=1S/C29H53NO6/c1-5-9-10-11-12-13-14-15-16-17-18-19-20-30(21-24(6-2)27(31)32,22-25(7-3)28(33)34)23-26(8-4)29(35)36/h11-12,24-26H,5-10,13-23H2,1-4H3,(H2-,31,32,33,34,35,36)/p+1/b12-11+. The molecule has 7 nitrogen and oxygen atoms in total. The van der Waals surface area contributed by atoms with Crippen LogP contribution in [0.15, 0.2) is 12.2 Å². The predicted octanol–water partition coefficient (Wildman–Crippen LogP) is 6.61. The molecular formula is C29H54NO6+. The van der Waals surface area contributed by atoms with Crippen molar-refractivity contribution in [1.82, 2.24) is 0 Å². The Kier molecular flexibility index (Phi) is 19.1. The van der Waals surface area contributed by atoms with E-state index >= 15 is 0 Å². The van der Waals surface area contributed by atoms with E-state index in [1.807, 2.05) is 20.8 Å². The summed E-state index contributed by atoms with van der Waals surface area (Å²) in [5.41, 5.74) is 0. The van der Waals surface area contributed by atoms with Crippen molar-refractivity contribution in [1.29, 1.82) is 0 Å². The first kappa shape index (κ1) is 34.1. The van der Waals surface area contributed by atoms with Crippen LogP contribution in [-0.4, -0.2) is 63.9 Å². The third-order valence-electron chi connectivity index (χ3n) is 7.49. The summed E-state index contributed by atoms with van der Waals surface area (Å²) < 4.78 is 0.253. The zero-order valence-corrected chi connectivity index (χ0v) is 23.4. The molecule has 0 aromatic rings. The zero-order valence-electron chi connectivity index (χ0n) is 23.4. The van der Waals surface area contributed by atoms with Crippen LogP contribution in [0.1, 0.15) is 111 Å². The van der Waals surface area contributed by atoms with Crippen LogP contribution in [0.5, 0.6) is 0 Å². The van der Waals surface area contributed by atoms with E-state index in [1.54, 1.807) is 0 Å². The molecule has 0 spiro atoms. The number of hydrogen-bond acceptors (Lipinski definition) is 3. The molecule has 0 rings (SSSR count). The van der Waals surface area contributed by atoms with Gasteiger partial charge in [-0.2, -0.15) is 0 Å². The van der Waals surface area contributed by atoms with Gasteiger partial charge in [0.2, 0.25) is 0 Å². The summed E-state index contributed by atoms with van der Waals surface area (Å²) in [4.78, 5) is 35.7. The maximum Gasteiger partial charge on any atom is 0.312 e. The molecule has 0 bridgehead atoms. The van der Waals surface area contributed by atoms with E-state index < -0.39 is 35.7 Å². The summed E-state index contributed by atoms with van der Waals surface area (Å²) in [5, 5.41) is 29.3. The highest BCUT2D eigenvalue weighted by Crippen LogP contribution is 2.25. The first-order chi connectivity index (χ1) is 17.2. The minimum absolute atomic E-state index is 0.253. The Morgan fingerprint density at radius 2 is 0.944 bits per heavy atom. The molecule has 0 aliphatic rings. The van der Waals surface area contributed by atoms with Gasteiger partial charge in [-0.1, -0.05) is 72.0 Å². The van der Waals surface area contributed by atoms with E-state index in [4.69, 9.17) is 0 Å². The first-order valence-corrected chi connectivity index (χ1v) is 14.3. The van der Waals surface area contributed by atoms with Crippen LogP contribution in [0.3, 0.4) is 0 Å². The van der Waals surface area contributed by atoms with Gasteiger partial charge < -0.3 is 19.8 Å². The summed E-state index contributed by atoms with van der Waals surface area (Å²) in [5.74, 6) is -4.53. The lowest BCUT2D eigenvalue weighted by molar-refractivity contribution is -0.935. The molecule has 3 atom stereocenters. The second kappa shape index (κ2) is 20.2. The highest BCUT2D eigenvalue weighted by molar-refractivity contribution is 5.71. The number of rotatable bonds is 24. The van der Waals surface area contributed by atoms with Crippen molar-refractivity contribution < 1.29 is 34.2 Å². The van der Waals surface area contributed by atoms with Gasteiger partial charge in [-0.15, -0.1) is 0 Å². The monoisotopic (exact) mass is 512 g/mol. The number of allylic oxidation sites excluding steroid dienone is 2. The molecule has 0 heterocycles. The van der Waals surface area contributed by atoms with E-state index in [0.29, 0.717) is 25.8 Å². The van der Waals surface area contributed by atoms with Gasteiger partial charge in [0.1, 0.15) is 17.8 Å². The van der Waals surface area contributed by atoms with Crippen LogP contribution in [0.4, 0.5) is 0 Å². The van der Waals surface area contributed by atoms with Crippen LogP contribution in [0.2, 0.25) is 0 Å². The van der Waals surface area contributed by atoms with Gasteiger partial charge in [-0.05, 0) is 51.4 Å². The average Bonchev–Trinajstić information content (AvgIpc) is 2.84. The van der Waals surface area contributed by atoms with Gasteiger partial charge in [0.25, 0.3) is 0 Å². The van der Waals surface area contributed by atoms with Gasteiger partial charge in [0.15, 0.2) is 0 Å². The SMILES string of the molecule is CCCC/C=C/CCCCCCCC[N+](CC(CC)C(=O)O)(CC(CC)C(=O)O)CC(CC)C(=O)O. The van der Waals surface area contributed by atoms with Crippen molar-refractivity contribution in [3.8, 4) is 0 Å². The lowest BCUT2D eigenvalue weighted by Crippen LogP contribution is -2.58. The van der Waals surface area contributed by atoms with Crippen LogP contribution < -0.4 is 0 Å². The van der Waals surface area contributed by atoms with Crippen LogP contribution in [-0.2, 0) is 14.4 Å². The Bertz CT molecular complexity index is 588. The van der Waals surface area contributed by atoms with Crippen LogP contribution >= 0.6 is 0 Å². The molecule has 0 aromatic heterocycles. The maximum absolute atomic E-state index is 11.9. The molecule has 0 saturated carbocycles. The fourth-order valence-corrected chi connectivity index (χ4v) is 5.02. The molecule has 0 aliphatic carbocycles. The van der Waals surface area contributed by atoms with E-state index in [9.17, 15) is 29.7 Å². The minimum Gasteiger partial charge on any atom is -0.481 e. The van der Waals surface area contributed by atoms with Gasteiger partial charge in [-0.3, -0.25) is 14.4 Å². The summed E-state index contributed by atoms with van der Waals surface area (Å²) >= 11 is 0. The minimum atomic E-state index is -0.893. The number of nitrogens with zero attached hydrogens (tertiary/aromatic N) is 1. The maximum atomic E-state index is 11.9. The lowest BCUT2D eigenvalue weighted by Gasteiger charge is -2.43. The topological polar surface area (TPSA) is 112 Å². The molecule has 0 saturated heterocycles. The van der Waals surface area contributed by atoms with E-state index in [-0.39, 0.29) is 24.1 Å². The highest BCUT2D eigenvalue weighted by Gasteiger charge is 2.40. The summed E-state index contributed by atoms with van der Waals surface area (Å²) in [6.07, 6.45) is 17.1. The second-order valence-electron chi connectivity index (χ2n) is 10.5. The quantitative estimate of drug-likeness (QED) is 0.0762. The van der Waals surface area contributed by atoms with Gasteiger partial charge >= 0.3 is 17.9 Å². The second-order valence-corrected chi connectivity index (χ2v) is 10.5. The molecule has 0 radical (unpaired) electrons. The van der Waals surface area contributed by atoms with E-state index in [1.165, 1.54) is 32.1 Å². The van der Waals surface area contributed by atoms with Crippen molar-refractivity contribution in [3.63, 3.8) is 0 Å². The smallest absolute Gasteiger partial charge is 0.312 e. The molecular weight excluding hydrogens is 458 g/mol. The Balaban J connectivity index is 5.25. The molecule has 210 valence electrons. The van der Waals surface area contributed by atoms with Crippen molar-refractivity contribution in [2.45, 2.75) is 111 Å². The lowest BCUT2D eigenvalue weighted by atomic mass is 9.95. The number of unbranched alkanes of at least 4 members (excludes halogenated alkanes) is 8. The van der Waals surface area contributed by atoms with Crippen LogP contribution in [0.25, 0.3) is 0 Å². The normalized spacial score (nSPS) is 15.9. The third-order valence-corrected chi connectivity index (χ3v) is 7.49. The highest BCUT2D eigenvalue weighted by atomic mass is 16.4. The van der Waals surface area contributed by atoms with Crippen molar-refractivity contribution in [2.24, 2.45) is 17.8 Å². The summed E-state index contributed by atoms with van der Waals surface area (Å²) in [6, 6.07) is 0. The Hall–Kier alpha value is -1.89. The van der Waals surface area contributed by atoms with E-state index in [2.05, 4.69) is 19.1 Å². The molecule has 7 heteroatoms. The molecule has 0 aliphatic heterocycles. The number of hydrogen-bond donors (Lipinski definition) is 3. The fourth-order valence-electron chi connectivity index (χ4n) is 5.02. The fraction of sp³-hybridized carbons (Fsp3) is 0.828. The number of quaternary nitrogens is 1. The summed E-state index contributed by atoms with van der Waals surface area (Å²) in [6.45, 7) is 9.16. The van der Waals surface area contributed by atoms with Crippen molar-refractivity contribution in [2.75, 3.05) is 26.2 Å². The van der Waals surface area contributed by atoms with Crippen molar-refractivity contribution >= 4 is 17.9 Å². The third kappa shape index (κ3) is 14.6. The number of carbonyl (C=O) groups is 3. The van der Waals surface area contributed by atoms with Crippen molar-refractivity contribution in [3.05, 3.63) is 12.2 Å². The van der Waals surface area contributed by atoms with Crippen LogP contribution in [0, 0.1) is 17.8 Å². The Labute approximate surface area is 219 Å². The Morgan fingerprint density at radius 3 is 1.31 bits per heavy atom. The molecule has 0 fully saturated rings. The molecule has 3 N–H and O–H groups in total. The number of aliphatic carboxylic acids is 3. The molecule has 3 unspecified atom stereocenters. The Morgan fingerprint density at radius 1 is 0.583 bits per heavy atom. The number of carboxylic acid groups (broad SMARTS) is 3. The summed E-state index contributed by atoms with van der Waals surface area (Å²) in [7, 11) is 0. The molecule has 0 amide bonds. The average molecular weight is 513 g/mol. The van der Waals surface area contributed by atoms with E-state index in [0.717, 1.165) is 32.1 Å². The van der Waals surface area contributed by atoms with Gasteiger partial charge in [0, 0.05) is 0 Å². The zero-order chi connectivity index (χ0) is 27.4. The first-order valence-electron chi connectivity index (χ1n) is 14.3. The largest absolute Gasteiger partial charge is 0.481 e. The number of carboxylic acids is 3. The molecule has 0 aromatic carbocycles. The molecule has 36 heavy (non-hydrogen) atoms. The van der Waals surface area contributed by atoms with Gasteiger partial charge in [-0.25, -0.2) is 0 Å². The van der Waals surface area contributed by atoms with Gasteiger partial charge in [0.05, 0.1) is 26.2 Å². The predicted molar refractivity (Wildman–Crippen MR) is 145 cm³/mol.